The van der Waals surface area contributed by atoms with E-state index < -0.39 is 5.82 Å². The normalized spacial score (nSPS) is 18.1. The van der Waals surface area contributed by atoms with Crippen LogP contribution in [0.25, 0.3) is 11.0 Å². The Hall–Kier alpha value is -3.53. The van der Waals surface area contributed by atoms with Crippen LogP contribution in [0.3, 0.4) is 0 Å². The number of nitrogens with one attached hydrogen (secondary N) is 2. The minimum absolute atomic E-state index is 0.0940. The molecule has 0 aliphatic carbocycles. The fourth-order valence-corrected chi connectivity index (χ4v) is 4.33. The first-order valence-electron chi connectivity index (χ1n) is 10.5. The van der Waals surface area contributed by atoms with Gasteiger partial charge in [-0.25, -0.2) is 14.4 Å². The van der Waals surface area contributed by atoms with Gasteiger partial charge in [-0.05, 0) is 25.1 Å². The van der Waals surface area contributed by atoms with Crippen molar-refractivity contribution in [2.75, 3.05) is 38.2 Å². The Morgan fingerprint density at radius 3 is 2.94 bits per heavy atom. The molecule has 1 atom stereocenters. The predicted octanol–water partition coefficient (Wildman–Crippen LogP) is 1.21. The first kappa shape index (κ1) is 20.4. The van der Waals surface area contributed by atoms with Crippen LogP contribution in [0.15, 0.2) is 29.1 Å². The van der Waals surface area contributed by atoms with Gasteiger partial charge in [-0.3, -0.25) is 14.5 Å². The number of aromatic nitrogens is 3. The number of piperazine rings is 1. The molecule has 166 valence electrons. The lowest BCUT2D eigenvalue weighted by molar-refractivity contribution is 0.0956. The molecule has 0 radical (unpaired) electrons. The van der Waals surface area contributed by atoms with Crippen LogP contribution in [0.2, 0.25) is 0 Å². The maximum Gasteiger partial charge on any atom is 0.269 e. The second-order valence-electron chi connectivity index (χ2n) is 8.08. The molecule has 1 unspecified atom stereocenters. The van der Waals surface area contributed by atoms with Crippen molar-refractivity contribution in [2.45, 2.75) is 19.5 Å². The summed E-state index contributed by atoms with van der Waals surface area (Å²) in [5.74, 6) is -0.235. The van der Waals surface area contributed by atoms with Crippen LogP contribution in [-0.2, 0) is 6.54 Å². The zero-order chi connectivity index (χ0) is 22.4. The highest BCUT2D eigenvalue weighted by Gasteiger charge is 2.34. The van der Waals surface area contributed by atoms with Crippen molar-refractivity contribution in [3.63, 3.8) is 0 Å². The zero-order valence-corrected chi connectivity index (χ0v) is 17.8. The van der Waals surface area contributed by atoms with Crippen LogP contribution >= 0.6 is 0 Å². The molecule has 2 aliphatic heterocycles. The third kappa shape index (κ3) is 3.46. The molecule has 0 saturated carbocycles. The summed E-state index contributed by atoms with van der Waals surface area (Å²) in [7, 11) is 1.56. The molecule has 3 aromatic rings. The van der Waals surface area contributed by atoms with E-state index in [4.69, 9.17) is 4.74 Å². The van der Waals surface area contributed by atoms with E-state index in [0.29, 0.717) is 48.0 Å². The lowest BCUT2D eigenvalue weighted by Gasteiger charge is -2.45. The lowest BCUT2D eigenvalue weighted by Crippen LogP contribution is -2.57. The minimum Gasteiger partial charge on any atom is -0.474 e. The number of hydrogen-bond donors (Lipinski definition) is 2. The van der Waals surface area contributed by atoms with Crippen molar-refractivity contribution in [2.24, 2.45) is 0 Å². The van der Waals surface area contributed by atoms with E-state index in [-0.39, 0.29) is 23.0 Å². The average Bonchev–Trinajstić information content (AvgIpc) is 2.81. The molecular formula is C22H23FN6O3. The topological polar surface area (TPSA) is 103 Å². The second kappa shape index (κ2) is 7.86. The van der Waals surface area contributed by atoms with Gasteiger partial charge in [0, 0.05) is 38.8 Å². The summed E-state index contributed by atoms with van der Waals surface area (Å²) in [5.41, 5.74) is 2.21. The SMILES string of the molecule is CNC(=O)c1ccc2c(n1)OCC1CN(Cc3ccc4nc(C)c(=O)[nH]c4c3F)CCN21. The number of halogens is 1. The third-order valence-electron chi connectivity index (χ3n) is 6.04. The van der Waals surface area contributed by atoms with Crippen LogP contribution < -0.4 is 20.5 Å². The Balaban J connectivity index is 1.34. The van der Waals surface area contributed by atoms with Gasteiger partial charge in [-0.15, -0.1) is 0 Å². The van der Waals surface area contributed by atoms with Gasteiger partial charge < -0.3 is 19.9 Å². The molecule has 32 heavy (non-hydrogen) atoms. The number of anilines is 1. The smallest absolute Gasteiger partial charge is 0.269 e. The number of hydrogen-bond acceptors (Lipinski definition) is 7. The summed E-state index contributed by atoms with van der Waals surface area (Å²) in [6.07, 6.45) is 0. The molecule has 4 heterocycles. The number of ether oxygens (including phenoxy) is 1. The zero-order valence-electron chi connectivity index (χ0n) is 17.8. The number of H-pyrrole nitrogens is 1. The van der Waals surface area contributed by atoms with Crippen LogP contribution in [0.1, 0.15) is 21.7 Å². The second-order valence-corrected chi connectivity index (χ2v) is 8.08. The van der Waals surface area contributed by atoms with Crippen molar-refractivity contribution >= 4 is 22.6 Å². The Morgan fingerprint density at radius 1 is 1.28 bits per heavy atom. The summed E-state index contributed by atoms with van der Waals surface area (Å²) >= 11 is 0. The standard InChI is InChI=1S/C22H23FN6O3/c1-12-20(30)27-19-15(25-12)4-3-13(18(19)23)9-28-7-8-29-14(10-28)11-32-22-17(29)6-5-16(26-22)21(31)24-2/h3-6,14H,7-11H2,1-2H3,(H,24,31)(H,27,30). The van der Waals surface area contributed by atoms with Crippen LogP contribution in [-0.4, -0.2) is 65.1 Å². The number of aromatic amines is 1. The van der Waals surface area contributed by atoms with Crippen molar-refractivity contribution in [1.29, 1.82) is 0 Å². The summed E-state index contributed by atoms with van der Waals surface area (Å²) in [6.45, 7) is 4.61. The van der Waals surface area contributed by atoms with Gasteiger partial charge in [0.2, 0.25) is 5.88 Å². The first-order chi connectivity index (χ1) is 15.4. The summed E-state index contributed by atoms with van der Waals surface area (Å²) in [5, 5.41) is 2.56. The maximum absolute atomic E-state index is 15.1. The predicted molar refractivity (Wildman–Crippen MR) is 117 cm³/mol. The van der Waals surface area contributed by atoms with Gasteiger partial charge in [0.1, 0.15) is 29.2 Å². The molecule has 0 spiro atoms. The van der Waals surface area contributed by atoms with E-state index in [1.54, 1.807) is 32.2 Å². The van der Waals surface area contributed by atoms with Gasteiger partial charge in [0.15, 0.2) is 5.82 Å². The molecule has 5 rings (SSSR count). The fourth-order valence-electron chi connectivity index (χ4n) is 4.33. The molecule has 10 heteroatoms. The lowest BCUT2D eigenvalue weighted by atomic mass is 10.1. The Bertz CT molecular complexity index is 1280. The monoisotopic (exact) mass is 438 g/mol. The minimum atomic E-state index is -0.439. The van der Waals surface area contributed by atoms with Gasteiger partial charge >= 0.3 is 0 Å². The number of carbonyl (C=O) groups is 1. The van der Waals surface area contributed by atoms with E-state index in [1.165, 1.54) is 0 Å². The summed E-state index contributed by atoms with van der Waals surface area (Å²) in [6, 6.07) is 7.12. The number of nitrogens with zero attached hydrogens (tertiary/aromatic N) is 4. The molecule has 0 bridgehead atoms. The number of carbonyl (C=O) groups excluding carboxylic acids is 1. The Kier molecular flexibility index (Phi) is 5.01. The number of amides is 1. The molecular weight excluding hydrogens is 415 g/mol. The number of aryl methyl sites for hydroxylation is 1. The Morgan fingerprint density at radius 2 is 2.12 bits per heavy atom. The average molecular weight is 438 g/mol. The number of rotatable bonds is 3. The largest absolute Gasteiger partial charge is 0.474 e. The summed E-state index contributed by atoms with van der Waals surface area (Å²) < 4.78 is 20.9. The van der Waals surface area contributed by atoms with Crippen LogP contribution in [0.5, 0.6) is 5.88 Å². The third-order valence-corrected chi connectivity index (χ3v) is 6.04. The Labute approximate surface area is 183 Å². The molecule has 1 aromatic carbocycles. The van der Waals surface area contributed by atoms with Gasteiger partial charge in [-0.2, -0.15) is 0 Å². The molecule has 1 fully saturated rings. The van der Waals surface area contributed by atoms with E-state index >= 15 is 4.39 Å². The molecule has 1 amide bonds. The molecule has 2 aromatic heterocycles. The number of benzene rings is 1. The van der Waals surface area contributed by atoms with Gasteiger partial charge in [0.25, 0.3) is 11.5 Å². The highest BCUT2D eigenvalue weighted by molar-refractivity contribution is 5.92. The van der Waals surface area contributed by atoms with Crippen molar-refractivity contribution in [3.05, 3.63) is 57.4 Å². The van der Waals surface area contributed by atoms with Crippen molar-refractivity contribution in [3.8, 4) is 5.88 Å². The molecule has 2 N–H and O–H groups in total. The van der Waals surface area contributed by atoms with Gasteiger partial charge in [-0.1, -0.05) is 6.07 Å². The van der Waals surface area contributed by atoms with E-state index in [9.17, 15) is 9.59 Å². The summed E-state index contributed by atoms with van der Waals surface area (Å²) in [4.78, 5) is 39.2. The van der Waals surface area contributed by atoms with Crippen LogP contribution in [0, 0.1) is 12.7 Å². The number of pyridine rings is 1. The fraction of sp³-hybridized carbons (Fsp3) is 0.364. The van der Waals surface area contributed by atoms with Crippen molar-refractivity contribution in [1.82, 2.24) is 25.2 Å². The highest BCUT2D eigenvalue weighted by atomic mass is 19.1. The van der Waals surface area contributed by atoms with Gasteiger partial charge in [0.05, 0.1) is 11.6 Å². The number of fused-ring (bicyclic) bond motifs is 4. The van der Waals surface area contributed by atoms with E-state index in [0.717, 1.165) is 18.8 Å². The van der Waals surface area contributed by atoms with Crippen molar-refractivity contribution < 1.29 is 13.9 Å². The molecule has 9 nitrogen and oxygen atoms in total. The first-order valence-corrected chi connectivity index (χ1v) is 10.5. The van der Waals surface area contributed by atoms with Crippen LogP contribution in [0.4, 0.5) is 10.1 Å². The van der Waals surface area contributed by atoms with E-state index in [2.05, 4.69) is 30.1 Å². The maximum atomic E-state index is 15.1. The van der Waals surface area contributed by atoms with E-state index in [1.807, 2.05) is 6.07 Å². The quantitative estimate of drug-likeness (QED) is 0.634. The molecule has 2 aliphatic rings. The highest BCUT2D eigenvalue weighted by Crippen LogP contribution is 2.34. The molecule has 1 saturated heterocycles.